The molecule has 0 saturated heterocycles. The highest BCUT2D eigenvalue weighted by molar-refractivity contribution is 7.98. The lowest BCUT2D eigenvalue weighted by atomic mass is 10.1. The molecule has 1 heterocycles. The molecule has 0 saturated carbocycles. The van der Waals surface area contributed by atoms with Crippen LogP contribution in [-0.2, 0) is 5.75 Å². The van der Waals surface area contributed by atoms with Gasteiger partial charge in [-0.05, 0) is 12.2 Å². The van der Waals surface area contributed by atoms with Crippen LogP contribution in [0.25, 0.3) is 0 Å². The topological polar surface area (TPSA) is 64.9 Å². The van der Waals surface area contributed by atoms with E-state index in [1.807, 2.05) is 0 Å². The fraction of sp³-hybridized carbons (Fsp3) is 0.800. The van der Waals surface area contributed by atoms with Crippen LogP contribution in [0.4, 0.5) is 0 Å². The van der Waals surface area contributed by atoms with E-state index in [-0.39, 0.29) is 6.04 Å². The van der Waals surface area contributed by atoms with Crippen molar-refractivity contribution >= 4 is 11.8 Å². The van der Waals surface area contributed by atoms with Crippen molar-refractivity contribution in [2.75, 3.05) is 5.75 Å². The van der Waals surface area contributed by atoms with Crippen LogP contribution in [0.2, 0.25) is 0 Å². The number of aromatic nitrogens is 2. The molecule has 4 nitrogen and oxygen atoms in total. The van der Waals surface area contributed by atoms with Crippen molar-refractivity contribution in [3.05, 3.63) is 11.7 Å². The van der Waals surface area contributed by atoms with E-state index in [0.717, 1.165) is 36.6 Å². The average Bonchev–Trinajstić information content (AvgIpc) is 2.71. The quantitative estimate of drug-likeness (QED) is 0.778. The first kappa shape index (κ1) is 12.5. The molecule has 0 aliphatic rings. The SMILES string of the molecule is CCCCC(N)c1nc(CSCC)no1. The van der Waals surface area contributed by atoms with Crippen molar-refractivity contribution in [3.63, 3.8) is 0 Å². The summed E-state index contributed by atoms with van der Waals surface area (Å²) in [6.07, 6.45) is 3.15. The number of nitrogens with zero attached hydrogens (tertiary/aromatic N) is 2. The standard InChI is InChI=1S/C10H19N3OS/c1-3-5-6-8(11)10-12-9(13-14-10)7-15-4-2/h8H,3-7,11H2,1-2H3. The Hall–Kier alpha value is -0.550. The van der Waals surface area contributed by atoms with Gasteiger partial charge < -0.3 is 10.3 Å². The van der Waals surface area contributed by atoms with E-state index in [1.165, 1.54) is 0 Å². The van der Waals surface area contributed by atoms with Crippen molar-refractivity contribution in [1.29, 1.82) is 0 Å². The third kappa shape index (κ3) is 4.22. The number of thioether (sulfide) groups is 1. The third-order valence-electron chi connectivity index (χ3n) is 2.10. The van der Waals surface area contributed by atoms with Gasteiger partial charge in [-0.1, -0.05) is 31.8 Å². The van der Waals surface area contributed by atoms with Crippen LogP contribution in [0.3, 0.4) is 0 Å². The third-order valence-corrected chi connectivity index (χ3v) is 2.98. The molecular formula is C10H19N3OS. The van der Waals surface area contributed by atoms with Crippen LogP contribution >= 0.6 is 11.8 Å². The summed E-state index contributed by atoms with van der Waals surface area (Å²) in [4.78, 5) is 4.28. The normalized spacial score (nSPS) is 13.0. The van der Waals surface area contributed by atoms with Crippen molar-refractivity contribution in [3.8, 4) is 0 Å². The maximum absolute atomic E-state index is 5.92. The largest absolute Gasteiger partial charge is 0.338 e. The van der Waals surface area contributed by atoms with Crippen LogP contribution < -0.4 is 5.73 Å². The first-order valence-electron chi connectivity index (χ1n) is 5.43. The molecular weight excluding hydrogens is 210 g/mol. The number of rotatable bonds is 7. The zero-order valence-corrected chi connectivity index (χ0v) is 10.2. The summed E-state index contributed by atoms with van der Waals surface area (Å²) >= 11 is 1.78. The maximum Gasteiger partial charge on any atom is 0.243 e. The summed E-state index contributed by atoms with van der Waals surface area (Å²) in [5.41, 5.74) is 5.92. The van der Waals surface area contributed by atoms with Gasteiger partial charge in [0.1, 0.15) is 0 Å². The van der Waals surface area contributed by atoms with Gasteiger partial charge in [0.05, 0.1) is 11.8 Å². The summed E-state index contributed by atoms with van der Waals surface area (Å²) in [5, 5.41) is 3.90. The summed E-state index contributed by atoms with van der Waals surface area (Å²) < 4.78 is 5.12. The van der Waals surface area contributed by atoms with Gasteiger partial charge >= 0.3 is 0 Å². The highest BCUT2D eigenvalue weighted by atomic mass is 32.2. The van der Waals surface area contributed by atoms with Crippen molar-refractivity contribution in [2.24, 2.45) is 5.73 Å². The fourth-order valence-corrected chi connectivity index (χ4v) is 1.72. The van der Waals surface area contributed by atoms with E-state index in [4.69, 9.17) is 10.3 Å². The van der Waals surface area contributed by atoms with Gasteiger partial charge in [-0.2, -0.15) is 16.7 Å². The summed E-state index contributed by atoms with van der Waals surface area (Å²) in [7, 11) is 0. The molecule has 0 fully saturated rings. The lowest BCUT2D eigenvalue weighted by molar-refractivity contribution is 0.343. The molecule has 86 valence electrons. The molecule has 1 aromatic heterocycles. The highest BCUT2D eigenvalue weighted by Crippen LogP contribution is 2.16. The molecule has 0 aliphatic carbocycles. The van der Waals surface area contributed by atoms with Crippen LogP contribution in [0, 0.1) is 0 Å². The average molecular weight is 229 g/mol. The Morgan fingerprint density at radius 3 is 2.93 bits per heavy atom. The van der Waals surface area contributed by atoms with Gasteiger partial charge in [-0.25, -0.2) is 0 Å². The Kier molecular flexibility index (Phi) is 5.71. The monoisotopic (exact) mass is 229 g/mol. The van der Waals surface area contributed by atoms with E-state index >= 15 is 0 Å². The molecule has 15 heavy (non-hydrogen) atoms. The van der Waals surface area contributed by atoms with E-state index < -0.39 is 0 Å². The Morgan fingerprint density at radius 1 is 1.47 bits per heavy atom. The molecule has 0 radical (unpaired) electrons. The van der Waals surface area contributed by atoms with Gasteiger partial charge in [0.15, 0.2) is 5.82 Å². The molecule has 2 N–H and O–H groups in total. The Morgan fingerprint density at radius 2 is 2.27 bits per heavy atom. The number of nitrogens with two attached hydrogens (primary N) is 1. The minimum absolute atomic E-state index is 0.0992. The predicted molar refractivity (Wildman–Crippen MR) is 62.6 cm³/mol. The molecule has 1 rings (SSSR count). The van der Waals surface area contributed by atoms with Crippen LogP contribution in [0.15, 0.2) is 4.52 Å². The van der Waals surface area contributed by atoms with Crippen LogP contribution in [0.1, 0.15) is 50.9 Å². The van der Waals surface area contributed by atoms with Crippen molar-refractivity contribution in [2.45, 2.75) is 44.9 Å². The van der Waals surface area contributed by atoms with Gasteiger partial charge in [0.25, 0.3) is 0 Å². The first-order valence-corrected chi connectivity index (χ1v) is 6.59. The van der Waals surface area contributed by atoms with Gasteiger partial charge in [0, 0.05) is 0 Å². The lowest BCUT2D eigenvalue weighted by Gasteiger charge is -2.03. The Bertz CT molecular complexity index is 277. The second-order valence-electron chi connectivity index (χ2n) is 3.43. The molecule has 1 aromatic rings. The van der Waals surface area contributed by atoms with Crippen LogP contribution in [-0.4, -0.2) is 15.9 Å². The number of hydrogen-bond acceptors (Lipinski definition) is 5. The second kappa shape index (κ2) is 6.85. The van der Waals surface area contributed by atoms with Gasteiger partial charge in [0.2, 0.25) is 5.89 Å². The minimum atomic E-state index is -0.0992. The highest BCUT2D eigenvalue weighted by Gasteiger charge is 2.13. The zero-order chi connectivity index (χ0) is 11.1. The molecule has 0 aliphatic heterocycles. The van der Waals surface area contributed by atoms with E-state index in [9.17, 15) is 0 Å². The smallest absolute Gasteiger partial charge is 0.243 e. The molecule has 0 spiro atoms. The van der Waals surface area contributed by atoms with Gasteiger partial charge in [-0.15, -0.1) is 0 Å². The molecule has 0 amide bonds. The fourth-order valence-electron chi connectivity index (χ4n) is 1.22. The molecule has 1 unspecified atom stereocenters. The van der Waals surface area contributed by atoms with E-state index in [1.54, 1.807) is 11.8 Å². The Labute approximate surface area is 95.0 Å². The predicted octanol–water partition coefficient (Wildman–Crippen LogP) is 2.51. The molecule has 0 aromatic carbocycles. The Balaban J connectivity index is 2.43. The maximum atomic E-state index is 5.92. The van der Waals surface area contributed by atoms with E-state index in [2.05, 4.69) is 24.0 Å². The lowest BCUT2D eigenvalue weighted by Crippen LogP contribution is -2.10. The summed E-state index contributed by atoms with van der Waals surface area (Å²) in [6, 6.07) is -0.0992. The second-order valence-corrected chi connectivity index (χ2v) is 4.71. The minimum Gasteiger partial charge on any atom is -0.338 e. The first-order chi connectivity index (χ1) is 7.27. The summed E-state index contributed by atoms with van der Waals surface area (Å²) in [6.45, 7) is 4.25. The molecule has 1 atom stereocenters. The van der Waals surface area contributed by atoms with Crippen LogP contribution in [0.5, 0.6) is 0 Å². The molecule has 5 heteroatoms. The van der Waals surface area contributed by atoms with E-state index in [0.29, 0.717) is 5.89 Å². The molecule has 0 bridgehead atoms. The van der Waals surface area contributed by atoms with Gasteiger partial charge in [-0.3, -0.25) is 0 Å². The van der Waals surface area contributed by atoms with Crippen molar-refractivity contribution in [1.82, 2.24) is 10.1 Å². The van der Waals surface area contributed by atoms with Crippen molar-refractivity contribution < 1.29 is 4.52 Å². The number of hydrogen-bond donors (Lipinski definition) is 1. The number of unbranched alkanes of at least 4 members (excludes halogenated alkanes) is 1. The summed E-state index contributed by atoms with van der Waals surface area (Å²) in [5.74, 6) is 3.20. The zero-order valence-electron chi connectivity index (χ0n) is 9.40.